The van der Waals surface area contributed by atoms with E-state index in [1.807, 2.05) is 0 Å². The maximum atomic E-state index is 15.9. The van der Waals surface area contributed by atoms with Gasteiger partial charge in [0, 0.05) is 43.2 Å². The van der Waals surface area contributed by atoms with Crippen LogP contribution in [0.1, 0.15) is 88.3 Å². The van der Waals surface area contributed by atoms with Crippen molar-refractivity contribution in [2.24, 2.45) is 28.3 Å². The van der Waals surface area contributed by atoms with Gasteiger partial charge in [-0.15, -0.1) is 0 Å². The quantitative estimate of drug-likeness (QED) is 0.382. The van der Waals surface area contributed by atoms with Gasteiger partial charge in [0.05, 0.1) is 28.8 Å². The van der Waals surface area contributed by atoms with Gasteiger partial charge in [-0.1, -0.05) is 24.4 Å². The predicted octanol–water partition coefficient (Wildman–Crippen LogP) is 4.11. The molecule has 240 valence electrons. The van der Waals surface area contributed by atoms with Crippen LogP contribution in [0.5, 0.6) is 5.75 Å². The average molecular weight is 632 g/mol. The summed E-state index contributed by atoms with van der Waals surface area (Å²) in [5, 5.41) is 12.0. The summed E-state index contributed by atoms with van der Waals surface area (Å²) in [5.41, 5.74) is 7.44. The van der Waals surface area contributed by atoms with E-state index in [1.165, 1.54) is 6.07 Å². The summed E-state index contributed by atoms with van der Waals surface area (Å²) in [6.45, 7) is 3.22. The van der Waals surface area contributed by atoms with Crippen molar-refractivity contribution in [1.82, 2.24) is 14.8 Å². The number of likely N-dealkylation sites (tertiary alicyclic amines) is 1. The third kappa shape index (κ3) is 5.50. The molecule has 2 saturated carbocycles. The highest BCUT2D eigenvalue weighted by atomic mass is 35.5. The molecule has 2 aliphatic carbocycles. The highest BCUT2D eigenvalue weighted by Gasteiger charge is 2.54. The zero-order chi connectivity index (χ0) is 31.4. The van der Waals surface area contributed by atoms with Crippen molar-refractivity contribution < 1.29 is 28.6 Å². The van der Waals surface area contributed by atoms with Crippen LogP contribution in [0.25, 0.3) is 0 Å². The van der Waals surface area contributed by atoms with Crippen molar-refractivity contribution in [1.29, 1.82) is 0 Å². The third-order valence-electron chi connectivity index (χ3n) is 10.8. The van der Waals surface area contributed by atoms with Gasteiger partial charge in [0.1, 0.15) is 6.61 Å². The lowest BCUT2D eigenvalue weighted by Crippen LogP contribution is -2.52. The molecule has 10 nitrogen and oxygen atoms in total. The molecular weight excluding hydrogens is 589 g/mol. The number of carbonyl (C=O) groups is 3. The van der Waals surface area contributed by atoms with E-state index in [1.54, 1.807) is 21.7 Å². The van der Waals surface area contributed by atoms with E-state index in [0.717, 1.165) is 44.2 Å². The van der Waals surface area contributed by atoms with E-state index in [-0.39, 0.29) is 47.7 Å². The summed E-state index contributed by atoms with van der Waals surface area (Å²) >= 11 is 6.64. The molecule has 3 aliphatic heterocycles. The van der Waals surface area contributed by atoms with Gasteiger partial charge in [0.2, 0.25) is 11.8 Å². The number of nitrogens with zero attached hydrogens (tertiary/aromatic N) is 3. The number of piperidine rings is 1. The van der Waals surface area contributed by atoms with Gasteiger partial charge in [0.15, 0.2) is 11.6 Å². The van der Waals surface area contributed by atoms with Gasteiger partial charge >= 0.3 is 5.97 Å². The molecule has 0 bridgehead atoms. The number of rotatable bonds is 7. The number of nitrogens with two attached hydrogens (primary N) is 2. The maximum Gasteiger partial charge on any atom is 0.310 e. The minimum atomic E-state index is -1.21. The van der Waals surface area contributed by atoms with Crippen LogP contribution < -0.4 is 16.3 Å². The Bertz CT molecular complexity index is 1400. The van der Waals surface area contributed by atoms with Gasteiger partial charge in [0.25, 0.3) is 0 Å². The number of carboxylic acid groups (broad SMARTS) is 1. The van der Waals surface area contributed by atoms with Crippen LogP contribution in [0.15, 0.2) is 17.5 Å². The molecule has 1 aromatic carbocycles. The van der Waals surface area contributed by atoms with E-state index >= 15 is 4.39 Å². The smallest absolute Gasteiger partial charge is 0.310 e. The second kappa shape index (κ2) is 11.7. The van der Waals surface area contributed by atoms with Gasteiger partial charge in [-0.25, -0.2) is 10.2 Å². The van der Waals surface area contributed by atoms with Gasteiger partial charge in [-0.3, -0.25) is 14.4 Å². The fraction of sp³-hybridized carbons (Fsp3) is 0.656. The van der Waals surface area contributed by atoms with Crippen LogP contribution in [0, 0.1) is 22.6 Å². The summed E-state index contributed by atoms with van der Waals surface area (Å²) < 4.78 is 22.0. The molecule has 5 aliphatic rings. The zero-order valence-corrected chi connectivity index (χ0v) is 26.1. The number of allylic oxidation sites excluding steroid dienone is 1. The molecule has 2 amide bonds. The number of fused-ring (bicyclic) bond motifs is 1. The lowest BCUT2D eigenvalue weighted by atomic mass is 9.66. The Morgan fingerprint density at radius 1 is 1.16 bits per heavy atom. The van der Waals surface area contributed by atoms with Crippen LogP contribution in [-0.4, -0.2) is 70.5 Å². The normalized spacial score (nSPS) is 29.1. The number of hydrogen-bond acceptors (Lipinski definition) is 7. The maximum absolute atomic E-state index is 15.9. The van der Waals surface area contributed by atoms with Crippen LogP contribution >= 0.6 is 11.6 Å². The summed E-state index contributed by atoms with van der Waals surface area (Å²) in [7, 11) is 0. The van der Waals surface area contributed by atoms with E-state index in [4.69, 9.17) is 27.9 Å². The Hall–Kier alpha value is -3.05. The number of carbonyl (C=O) groups excluding carboxylic acids is 2. The molecule has 1 aromatic rings. The van der Waals surface area contributed by atoms with Gasteiger partial charge in [-0.05, 0) is 75.3 Å². The van der Waals surface area contributed by atoms with Crippen molar-refractivity contribution >= 4 is 29.4 Å². The molecule has 0 unspecified atom stereocenters. The number of amides is 2. The Kier molecular flexibility index (Phi) is 8.24. The Balaban J connectivity index is 1.39. The SMILES string of the molecule is C[C@]1(C(=O)O)CCCC[C@H]1C(=O)N1CCc2c(Cl)cc(F)c(OC/C(N)=C3\CCCCN3N)c2[C@H]1CN1CC2(CC2)CC1=O. The molecule has 44 heavy (non-hydrogen) atoms. The summed E-state index contributed by atoms with van der Waals surface area (Å²) in [6, 6.07) is 0.466. The Morgan fingerprint density at radius 3 is 2.61 bits per heavy atom. The number of hydrogen-bond donors (Lipinski definition) is 3. The second-order valence-corrected chi connectivity index (χ2v) is 14.1. The number of halogens is 2. The molecule has 3 atom stereocenters. The number of aliphatic carboxylic acids is 1. The standard InChI is InChI=1S/C32H43ClFN5O5/c1-31(30(42)43)9-4-2-6-20(31)29(41)38-13-8-19-21(33)14-22(34)28(44-17-23(35)24-7-3-5-12-39(24)36)27(19)25(38)16-37-18-32(10-11-32)15-26(37)40/h14,20,25H,2-13,15-18,35-36H2,1H3,(H,42,43)/b24-23-/t20-,25+,31-/m0/s1. The molecule has 6 rings (SSSR count). The average Bonchev–Trinajstić information content (AvgIpc) is 3.67. The molecule has 4 fully saturated rings. The molecule has 0 aromatic heterocycles. The van der Waals surface area contributed by atoms with Crippen molar-refractivity contribution in [3.8, 4) is 5.75 Å². The molecule has 3 heterocycles. The lowest BCUT2D eigenvalue weighted by molar-refractivity contribution is -0.162. The summed E-state index contributed by atoms with van der Waals surface area (Å²) in [5.74, 6) is 3.42. The monoisotopic (exact) mass is 631 g/mol. The van der Waals surface area contributed by atoms with Crippen molar-refractivity contribution in [2.75, 3.05) is 32.8 Å². The van der Waals surface area contributed by atoms with Crippen molar-refractivity contribution in [3.63, 3.8) is 0 Å². The Morgan fingerprint density at radius 2 is 1.93 bits per heavy atom. The van der Waals surface area contributed by atoms with Crippen molar-refractivity contribution in [2.45, 2.75) is 83.6 Å². The predicted molar refractivity (Wildman–Crippen MR) is 162 cm³/mol. The van der Waals surface area contributed by atoms with Gasteiger partial charge < -0.3 is 30.4 Å². The van der Waals surface area contributed by atoms with Crippen LogP contribution in [0.4, 0.5) is 4.39 Å². The van der Waals surface area contributed by atoms with Gasteiger partial charge in [-0.2, -0.15) is 0 Å². The molecule has 0 radical (unpaired) electrons. The fourth-order valence-electron chi connectivity index (χ4n) is 7.89. The molecular formula is C32H43ClFN5O5. The summed E-state index contributed by atoms with van der Waals surface area (Å²) in [4.78, 5) is 43.5. The summed E-state index contributed by atoms with van der Waals surface area (Å²) in [6.07, 6.45) is 7.72. The first kappa shape index (κ1) is 31.0. The van der Waals surface area contributed by atoms with E-state index < -0.39 is 29.2 Å². The first-order chi connectivity index (χ1) is 20.9. The van der Waals surface area contributed by atoms with E-state index in [2.05, 4.69) is 0 Å². The fourth-order valence-corrected chi connectivity index (χ4v) is 8.19. The van der Waals surface area contributed by atoms with Crippen LogP contribution in [0.2, 0.25) is 5.02 Å². The third-order valence-corrected chi connectivity index (χ3v) is 11.2. The minimum absolute atomic E-state index is 0.00865. The minimum Gasteiger partial charge on any atom is -0.484 e. The first-order valence-electron chi connectivity index (χ1n) is 15.9. The van der Waals surface area contributed by atoms with Crippen LogP contribution in [0.3, 0.4) is 0 Å². The Labute approximate surface area is 262 Å². The largest absolute Gasteiger partial charge is 0.484 e. The lowest BCUT2D eigenvalue weighted by Gasteiger charge is -2.45. The number of benzene rings is 1. The van der Waals surface area contributed by atoms with Crippen molar-refractivity contribution in [3.05, 3.63) is 39.4 Å². The number of carboxylic acids is 1. The highest BCUT2D eigenvalue weighted by molar-refractivity contribution is 6.31. The van der Waals surface area contributed by atoms with E-state index in [0.29, 0.717) is 62.0 Å². The number of ether oxygens (including phenoxy) is 1. The topological polar surface area (TPSA) is 142 Å². The van der Waals surface area contributed by atoms with Crippen LogP contribution in [-0.2, 0) is 20.8 Å². The molecule has 2 saturated heterocycles. The van der Waals surface area contributed by atoms with E-state index in [9.17, 15) is 19.5 Å². The molecule has 5 N–H and O–H groups in total. The second-order valence-electron chi connectivity index (χ2n) is 13.7. The highest BCUT2D eigenvalue weighted by Crippen LogP contribution is 2.54. The molecule has 12 heteroatoms. The molecule has 1 spiro atoms. The zero-order valence-electron chi connectivity index (χ0n) is 25.4. The number of hydrazine groups is 1. The first-order valence-corrected chi connectivity index (χ1v) is 16.3.